The van der Waals surface area contributed by atoms with Gasteiger partial charge in [0.1, 0.15) is 19.2 Å². The lowest BCUT2D eigenvalue weighted by atomic mass is 10.0. The number of carbonyl (C=O) groups is 1. The predicted molar refractivity (Wildman–Crippen MR) is 86.8 cm³/mol. The van der Waals surface area contributed by atoms with Crippen molar-refractivity contribution in [3.8, 4) is 17.4 Å². The van der Waals surface area contributed by atoms with E-state index in [1.165, 1.54) is 10.9 Å². The number of nitrogens with zero attached hydrogens (tertiary/aromatic N) is 3. The second-order valence-corrected chi connectivity index (χ2v) is 6.40. The van der Waals surface area contributed by atoms with Crippen molar-refractivity contribution in [2.75, 3.05) is 31.6 Å². The molecule has 1 aromatic carbocycles. The Bertz CT molecular complexity index is 793. The summed E-state index contributed by atoms with van der Waals surface area (Å²) < 4.78 is 16.8. The van der Waals surface area contributed by atoms with Crippen molar-refractivity contribution >= 4 is 11.6 Å². The highest BCUT2D eigenvalue weighted by Crippen LogP contribution is 2.33. The van der Waals surface area contributed by atoms with Crippen molar-refractivity contribution in [2.45, 2.75) is 25.4 Å². The molecule has 0 aliphatic carbocycles. The van der Waals surface area contributed by atoms with Gasteiger partial charge >= 0.3 is 0 Å². The van der Waals surface area contributed by atoms with Crippen LogP contribution in [0, 0.1) is 0 Å². The lowest BCUT2D eigenvalue weighted by Gasteiger charge is -2.33. The molecule has 0 bridgehead atoms. The van der Waals surface area contributed by atoms with E-state index in [0.29, 0.717) is 26.3 Å². The molecule has 0 spiro atoms. The third-order valence-corrected chi connectivity index (χ3v) is 4.47. The maximum Gasteiger partial charge on any atom is 0.291 e. The highest BCUT2D eigenvalue weighted by atomic mass is 16.6. The van der Waals surface area contributed by atoms with E-state index in [-0.39, 0.29) is 18.5 Å². The summed E-state index contributed by atoms with van der Waals surface area (Å²) in [6, 6.07) is 5.92. The van der Waals surface area contributed by atoms with Crippen molar-refractivity contribution in [1.82, 2.24) is 10.2 Å². The average Bonchev–Trinajstić information content (AvgIpc) is 3.06. The number of hydrogen-bond donors (Lipinski definition) is 1. The minimum absolute atomic E-state index is 0.00246. The van der Waals surface area contributed by atoms with Crippen LogP contribution in [0.15, 0.2) is 28.9 Å². The summed E-state index contributed by atoms with van der Waals surface area (Å²) in [5.74, 6) is 0.844. The Morgan fingerprint density at radius 2 is 2.19 bits per heavy atom. The highest BCUT2D eigenvalue weighted by Gasteiger charge is 2.26. The molecular formula is C17H20N4O5. The zero-order valence-corrected chi connectivity index (χ0v) is 14.2. The summed E-state index contributed by atoms with van der Waals surface area (Å²) in [5, 5.41) is 18.0. The smallest absolute Gasteiger partial charge is 0.291 e. The largest absolute Gasteiger partial charge is 0.539 e. The molecule has 1 atom stereocenters. The van der Waals surface area contributed by atoms with E-state index >= 15 is 0 Å². The van der Waals surface area contributed by atoms with Crippen molar-refractivity contribution < 1.29 is 28.6 Å². The maximum atomic E-state index is 12.4. The second-order valence-electron chi connectivity index (χ2n) is 6.40. The number of rotatable bonds is 4. The van der Waals surface area contributed by atoms with E-state index in [2.05, 4.69) is 15.1 Å². The molecule has 1 amide bonds. The Morgan fingerprint density at radius 1 is 1.35 bits per heavy atom. The zero-order chi connectivity index (χ0) is 17.9. The van der Waals surface area contributed by atoms with E-state index in [1.807, 2.05) is 18.2 Å². The topological polar surface area (TPSA) is 104 Å². The van der Waals surface area contributed by atoms with Crippen molar-refractivity contribution in [3.63, 3.8) is 0 Å². The first-order valence-corrected chi connectivity index (χ1v) is 8.65. The summed E-state index contributed by atoms with van der Waals surface area (Å²) in [4.78, 5) is 14.2. The molecule has 9 nitrogen and oxygen atoms in total. The van der Waals surface area contributed by atoms with Gasteiger partial charge in [0.05, 0.1) is 5.27 Å². The molecule has 1 fully saturated rings. The summed E-state index contributed by atoms with van der Waals surface area (Å²) in [7, 11) is 0. The van der Waals surface area contributed by atoms with Crippen LogP contribution >= 0.6 is 0 Å². The van der Waals surface area contributed by atoms with Gasteiger partial charge in [0.15, 0.2) is 11.5 Å². The van der Waals surface area contributed by atoms with Crippen LogP contribution in [0.2, 0.25) is 0 Å². The molecule has 2 aliphatic rings. The number of carbonyl (C=O) groups excluding carboxylic acids is 1. The summed E-state index contributed by atoms with van der Waals surface area (Å²) in [6.07, 6.45) is 3.05. The minimum Gasteiger partial charge on any atom is -0.539 e. The van der Waals surface area contributed by atoms with Crippen LogP contribution in [-0.2, 0) is 11.3 Å². The fourth-order valence-electron chi connectivity index (χ4n) is 3.26. The Kier molecular flexibility index (Phi) is 4.51. The highest BCUT2D eigenvalue weighted by molar-refractivity contribution is 5.74. The van der Waals surface area contributed by atoms with Crippen LogP contribution in [0.25, 0.3) is 0 Å². The number of anilines is 1. The molecule has 0 saturated carbocycles. The van der Waals surface area contributed by atoms with Crippen molar-refractivity contribution in [3.05, 3.63) is 24.4 Å². The number of piperidine rings is 1. The summed E-state index contributed by atoms with van der Waals surface area (Å²) in [6.45, 7) is 2.41. The zero-order valence-electron chi connectivity index (χ0n) is 14.2. The van der Waals surface area contributed by atoms with Crippen LogP contribution in [0.1, 0.15) is 12.8 Å². The molecular weight excluding hydrogens is 340 g/mol. The number of hydrogen-bond acceptors (Lipinski definition) is 7. The standard InChI is InChI=1S/C17H20N4O5/c22-16(10-21-11-17(23)26-19-21)20-5-1-2-13(9-20)18-12-3-4-14-15(8-12)25-7-6-24-14/h3-4,8,11,13,18H,1-2,5-7,9-10H2. The summed E-state index contributed by atoms with van der Waals surface area (Å²) in [5.41, 5.74) is 0.940. The van der Waals surface area contributed by atoms with Gasteiger partial charge in [-0.05, 0) is 25.0 Å². The number of likely N-dealkylation sites (tertiary alicyclic amines) is 1. The number of ether oxygens (including phenoxy) is 2. The lowest BCUT2D eigenvalue weighted by Crippen LogP contribution is -2.50. The molecule has 1 aromatic heterocycles. The number of benzene rings is 1. The molecule has 1 N–H and O–H groups in total. The molecule has 1 unspecified atom stereocenters. The van der Waals surface area contributed by atoms with Crippen molar-refractivity contribution in [1.29, 1.82) is 0 Å². The van der Waals surface area contributed by atoms with Gasteiger partial charge in [0.25, 0.3) is 12.5 Å². The molecule has 26 heavy (non-hydrogen) atoms. The maximum absolute atomic E-state index is 12.4. The average molecular weight is 360 g/mol. The molecule has 9 heteroatoms. The second kappa shape index (κ2) is 7.11. The predicted octanol–water partition coefficient (Wildman–Crippen LogP) is -0.0900. The fraction of sp³-hybridized carbons (Fsp3) is 0.471. The Hall–Kier alpha value is -2.97. The normalized spacial score (nSPS) is 19.2. The summed E-state index contributed by atoms with van der Waals surface area (Å²) >= 11 is 0. The molecule has 1 saturated heterocycles. The molecule has 3 heterocycles. The first-order valence-electron chi connectivity index (χ1n) is 8.65. The third-order valence-electron chi connectivity index (χ3n) is 4.47. The van der Waals surface area contributed by atoms with E-state index < -0.39 is 5.95 Å². The molecule has 2 aromatic rings. The molecule has 138 valence electrons. The van der Waals surface area contributed by atoms with Gasteiger partial charge in [-0.2, -0.15) is 0 Å². The SMILES string of the molecule is O=C(C[n+]1cc([O-])on1)N1CCCC(Nc2ccc3c(c2)OCCO3)C1. The van der Waals surface area contributed by atoms with Gasteiger partial charge in [-0.1, -0.05) is 4.68 Å². The molecule has 4 rings (SSSR count). The molecule has 2 aliphatic heterocycles. The molecule has 0 radical (unpaired) electrons. The number of amides is 1. The monoisotopic (exact) mass is 360 g/mol. The lowest BCUT2D eigenvalue weighted by molar-refractivity contribution is -0.751. The van der Waals surface area contributed by atoms with Gasteiger partial charge < -0.3 is 29.3 Å². The fourth-order valence-corrected chi connectivity index (χ4v) is 3.26. The van der Waals surface area contributed by atoms with Gasteiger partial charge in [-0.15, -0.1) is 0 Å². The van der Waals surface area contributed by atoms with Gasteiger partial charge in [-0.25, -0.2) is 0 Å². The van der Waals surface area contributed by atoms with Gasteiger partial charge in [0.2, 0.25) is 6.20 Å². The number of nitrogens with one attached hydrogen (secondary N) is 1. The third kappa shape index (κ3) is 3.66. The van der Waals surface area contributed by atoms with Crippen LogP contribution in [0.4, 0.5) is 5.69 Å². The van der Waals surface area contributed by atoms with Crippen LogP contribution in [-0.4, -0.2) is 48.4 Å². The number of aromatic nitrogens is 2. The first kappa shape index (κ1) is 16.5. The van der Waals surface area contributed by atoms with E-state index in [0.717, 1.165) is 30.0 Å². The van der Waals surface area contributed by atoms with Gasteiger partial charge in [-0.3, -0.25) is 4.79 Å². The van der Waals surface area contributed by atoms with Gasteiger partial charge in [0, 0.05) is 30.9 Å². The van der Waals surface area contributed by atoms with Crippen LogP contribution in [0.3, 0.4) is 0 Å². The van der Waals surface area contributed by atoms with Crippen LogP contribution < -0.4 is 24.6 Å². The Balaban J connectivity index is 1.36. The first-order chi connectivity index (χ1) is 12.7. The Labute approximate surface area is 150 Å². The van der Waals surface area contributed by atoms with Crippen molar-refractivity contribution in [2.24, 2.45) is 0 Å². The van der Waals surface area contributed by atoms with E-state index in [4.69, 9.17) is 9.47 Å². The number of fused-ring (bicyclic) bond motifs is 1. The Morgan fingerprint density at radius 3 is 3.00 bits per heavy atom. The minimum atomic E-state index is -0.561. The van der Waals surface area contributed by atoms with E-state index in [1.54, 1.807) is 4.90 Å². The quantitative estimate of drug-likeness (QED) is 0.760. The van der Waals surface area contributed by atoms with Crippen LogP contribution in [0.5, 0.6) is 17.4 Å². The van der Waals surface area contributed by atoms with E-state index in [9.17, 15) is 9.90 Å².